The molecule has 3 aromatic rings. The second-order valence-electron chi connectivity index (χ2n) is 8.50. The lowest BCUT2D eigenvalue weighted by Crippen LogP contribution is -2.40. The molecule has 1 saturated heterocycles. The maximum Gasteiger partial charge on any atom is 0.300 e. The van der Waals surface area contributed by atoms with Crippen LogP contribution in [0.3, 0.4) is 0 Å². The molecule has 4 N–H and O–H groups in total. The summed E-state index contributed by atoms with van der Waals surface area (Å²) in [6, 6.07) is 5.90. The van der Waals surface area contributed by atoms with Crippen LogP contribution in [-0.4, -0.2) is 39.1 Å². The van der Waals surface area contributed by atoms with Crippen molar-refractivity contribution in [3.8, 4) is 28.8 Å². The minimum Gasteiger partial charge on any atom is -0.481 e. The number of anilines is 1. The maximum absolute atomic E-state index is 9.83. The van der Waals surface area contributed by atoms with Gasteiger partial charge in [0.2, 0.25) is 0 Å². The van der Waals surface area contributed by atoms with Crippen LogP contribution in [0.15, 0.2) is 35.2 Å². The fourth-order valence-corrected chi connectivity index (χ4v) is 4.74. The van der Waals surface area contributed by atoms with Crippen LogP contribution >= 0.6 is 0 Å². The number of nitrogens with one attached hydrogen (secondary N) is 1. The van der Waals surface area contributed by atoms with Crippen molar-refractivity contribution < 1.29 is 14.3 Å². The van der Waals surface area contributed by atoms with Crippen LogP contribution in [0.1, 0.15) is 43.0 Å². The predicted molar refractivity (Wildman–Crippen MR) is 122 cm³/mol. The summed E-state index contributed by atoms with van der Waals surface area (Å²) >= 11 is 0. The second-order valence-corrected chi connectivity index (χ2v) is 8.50. The van der Waals surface area contributed by atoms with Crippen LogP contribution in [0.2, 0.25) is 0 Å². The first-order valence-electron chi connectivity index (χ1n) is 10.9. The molecule has 9 heteroatoms. The average molecular weight is 447 g/mol. The standard InChI is InChI=1S/C22H22N6O.C2H4O2/c23-11-16-19(14-12-26-21(27-13-14)18-2-1-9-29-18)15-10-22(5-7-25-8-6-22)4-3-17(15)28-20(16)24;1-2(3)4/h1-2,9,12-13,25H,3-8,10H2,(H2,24,28);1H3,(H,3,4). The number of nitrogen functional groups attached to an aromatic ring is 1. The van der Waals surface area contributed by atoms with Gasteiger partial charge in [0.05, 0.1) is 6.26 Å². The minimum atomic E-state index is -0.833. The molecule has 33 heavy (non-hydrogen) atoms. The van der Waals surface area contributed by atoms with Crippen LogP contribution in [-0.2, 0) is 17.6 Å². The normalized spacial score (nSPS) is 16.2. The van der Waals surface area contributed by atoms with Crippen LogP contribution in [0.25, 0.3) is 22.7 Å². The number of aryl methyl sites for hydroxylation is 1. The van der Waals surface area contributed by atoms with Crippen LogP contribution < -0.4 is 11.1 Å². The van der Waals surface area contributed by atoms with E-state index in [0.717, 1.165) is 74.5 Å². The van der Waals surface area contributed by atoms with E-state index >= 15 is 0 Å². The summed E-state index contributed by atoms with van der Waals surface area (Å²) in [5, 5.41) is 20.7. The topological polar surface area (TPSA) is 151 Å². The highest BCUT2D eigenvalue weighted by Crippen LogP contribution is 2.45. The number of rotatable bonds is 2. The van der Waals surface area contributed by atoms with Gasteiger partial charge in [0, 0.05) is 36.1 Å². The highest BCUT2D eigenvalue weighted by molar-refractivity contribution is 5.79. The van der Waals surface area contributed by atoms with Gasteiger partial charge < -0.3 is 20.6 Å². The second kappa shape index (κ2) is 9.38. The number of piperidine rings is 1. The smallest absolute Gasteiger partial charge is 0.300 e. The van der Waals surface area contributed by atoms with E-state index in [0.29, 0.717) is 17.1 Å². The Labute approximate surface area is 191 Å². The summed E-state index contributed by atoms with van der Waals surface area (Å²) < 4.78 is 5.38. The third kappa shape index (κ3) is 4.71. The molecule has 3 aromatic heterocycles. The minimum absolute atomic E-state index is 0.270. The third-order valence-electron chi connectivity index (χ3n) is 6.31. The molecule has 2 aliphatic rings. The number of pyridine rings is 1. The Morgan fingerprint density at radius 1 is 1.27 bits per heavy atom. The van der Waals surface area contributed by atoms with E-state index in [1.54, 1.807) is 24.7 Å². The molecule has 1 fully saturated rings. The predicted octanol–water partition coefficient (Wildman–Crippen LogP) is 3.20. The Kier molecular flexibility index (Phi) is 6.38. The van der Waals surface area contributed by atoms with Crippen molar-refractivity contribution in [2.75, 3.05) is 18.8 Å². The maximum atomic E-state index is 9.83. The lowest BCUT2D eigenvalue weighted by molar-refractivity contribution is -0.134. The largest absolute Gasteiger partial charge is 0.481 e. The molecule has 1 aliphatic carbocycles. The molecular formula is C24H26N6O3. The number of nitrogens with zero attached hydrogens (tertiary/aromatic N) is 4. The van der Waals surface area contributed by atoms with Crippen molar-refractivity contribution in [1.82, 2.24) is 20.3 Å². The molecule has 9 nitrogen and oxygen atoms in total. The molecular weight excluding hydrogens is 420 g/mol. The average Bonchev–Trinajstić information content (AvgIpc) is 3.34. The van der Waals surface area contributed by atoms with E-state index in [1.165, 1.54) is 0 Å². The number of aliphatic carboxylic acids is 1. The van der Waals surface area contributed by atoms with Crippen LogP contribution in [0.5, 0.6) is 0 Å². The Bertz CT molecular complexity index is 1170. The first kappa shape index (κ1) is 22.4. The van der Waals surface area contributed by atoms with Gasteiger partial charge in [-0.2, -0.15) is 5.26 Å². The van der Waals surface area contributed by atoms with Crippen molar-refractivity contribution in [1.29, 1.82) is 5.26 Å². The molecule has 4 heterocycles. The number of carbonyl (C=O) groups is 1. The molecule has 0 atom stereocenters. The molecule has 170 valence electrons. The van der Waals surface area contributed by atoms with Crippen molar-refractivity contribution in [2.45, 2.75) is 39.0 Å². The van der Waals surface area contributed by atoms with Gasteiger partial charge in [-0.25, -0.2) is 15.0 Å². The number of aromatic nitrogens is 3. The molecule has 0 radical (unpaired) electrons. The summed E-state index contributed by atoms with van der Waals surface area (Å²) in [7, 11) is 0. The number of furan rings is 1. The molecule has 0 bridgehead atoms. The Balaban J connectivity index is 0.000000601. The van der Waals surface area contributed by atoms with Gasteiger partial charge in [-0.1, -0.05) is 0 Å². The van der Waals surface area contributed by atoms with E-state index < -0.39 is 5.97 Å². The summed E-state index contributed by atoms with van der Waals surface area (Å²) in [4.78, 5) is 22.5. The monoisotopic (exact) mass is 446 g/mol. The zero-order chi connectivity index (χ0) is 23.4. The molecule has 0 unspecified atom stereocenters. The first-order valence-corrected chi connectivity index (χ1v) is 10.9. The Morgan fingerprint density at radius 3 is 2.58 bits per heavy atom. The Morgan fingerprint density at radius 2 is 1.97 bits per heavy atom. The number of carboxylic acids is 1. The summed E-state index contributed by atoms with van der Waals surface area (Å²) in [5.41, 5.74) is 10.7. The van der Waals surface area contributed by atoms with E-state index in [9.17, 15) is 5.26 Å². The van der Waals surface area contributed by atoms with Crippen LogP contribution in [0, 0.1) is 16.7 Å². The number of nitriles is 1. The number of fused-ring (bicyclic) bond motifs is 1. The molecule has 0 saturated carbocycles. The summed E-state index contributed by atoms with van der Waals surface area (Å²) in [5.74, 6) is 0.586. The van der Waals surface area contributed by atoms with Gasteiger partial charge in [-0.3, -0.25) is 4.79 Å². The molecule has 1 aliphatic heterocycles. The number of carboxylic acid groups (broad SMARTS) is 1. The fourth-order valence-electron chi connectivity index (χ4n) is 4.74. The van der Waals surface area contributed by atoms with Crippen LogP contribution in [0.4, 0.5) is 5.82 Å². The first-order chi connectivity index (χ1) is 15.9. The quantitative estimate of drug-likeness (QED) is 0.539. The number of nitrogens with two attached hydrogens (primary N) is 1. The van der Waals surface area contributed by atoms with Gasteiger partial charge in [-0.15, -0.1) is 0 Å². The van der Waals surface area contributed by atoms with Crippen molar-refractivity contribution in [2.24, 2.45) is 5.41 Å². The third-order valence-corrected chi connectivity index (χ3v) is 6.31. The SMILES string of the molecule is CC(=O)O.N#Cc1c(N)nc2c(c1-c1cnc(-c3ccco3)nc1)CC1(CCNCC1)CC2. The summed E-state index contributed by atoms with van der Waals surface area (Å²) in [6.45, 7) is 3.16. The number of hydrogen-bond donors (Lipinski definition) is 3. The van der Waals surface area contributed by atoms with E-state index in [-0.39, 0.29) is 11.2 Å². The van der Waals surface area contributed by atoms with E-state index in [2.05, 4.69) is 26.3 Å². The Hall–Kier alpha value is -3.77. The van der Waals surface area contributed by atoms with Gasteiger partial charge in [0.25, 0.3) is 5.97 Å². The lowest BCUT2D eigenvalue weighted by Gasteiger charge is -2.42. The zero-order valence-electron chi connectivity index (χ0n) is 18.5. The highest BCUT2D eigenvalue weighted by Gasteiger charge is 2.38. The number of hydrogen-bond acceptors (Lipinski definition) is 8. The highest BCUT2D eigenvalue weighted by atomic mass is 16.4. The lowest BCUT2D eigenvalue weighted by atomic mass is 9.66. The zero-order valence-corrected chi connectivity index (χ0v) is 18.5. The fraction of sp³-hybridized carbons (Fsp3) is 0.375. The summed E-state index contributed by atoms with van der Waals surface area (Å²) in [6.07, 6.45) is 10.3. The van der Waals surface area contributed by atoms with E-state index in [4.69, 9.17) is 20.1 Å². The van der Waals surface area contributed by atoms with Gasteiger partial charge in [-0.05, 0) is 68.3 Å². The van der Waals surface area contributed by atoms with Gasteiger partial charge in [0.15, 0.2) is 11.6 Å². The molecule has 1 spiro atoms. The molecule has 0 amide bonds. The van der Waals surface area contributed by atoms with Gasteiger partial charge in [0.1, 0.15) is 17.5 Å². The van der Waals surface area contributed by atoms with Crippen molar-refractivity contribution in [3.63, 3.8) is 0 Å². The molecule has 0 aromatic carbocycles. The van der Waals surface area contributed by atoms with E-state index in [1.807, 2.05) is 6.07 Å². The molecule has 5 rings (SSSR count). The van der Waals surface area contributed by atoms with Crippen molar-refractivity contribution in [3.05, 3.63) is 47.6 Å². The van der Waals surface area contributed by atoms with Gasteiger partial charge >= 0.3 is 0 Å². The van der Waals surface area contributed by atoms with Crippen molar-refractivity contribution >= 4 is 11.8 Å².